The molecule has 0 bridgehead atoms. The molecule has 1 N–H and O–H groups in total. The molecule has 0 aliphatic heterocycles. The van der Waals surface area contributed by atoms with E-state index >= 15 is 0 Å². The summed E-state index contributed by atoms with van der Waals surface area (Å²) in [4.78, 5) is 28.6. The van der Waals surface area contributed by atoms with E-state index in [1.54, 1.807) is 13.0 Å². The first-order valence-corrected chi connectivity index (χ1v) is 10.9. The molecule has 6 heteroatoms. The molecule has 5 nitrogen and oxygen atoms in total. The van der Waals surface area contributed by atoms with Crippen LogP contribution in [0.4, 0.5) is 0 Å². The maximum Gasteiger partial charge on any atom is 0.306 e. The van der Waals surface area contributed by atoms with Gasteiger partial charge in [0, 0.05) is 18.5 Å². The Balaban J connectivity index is 1.81. The van der Waals surface area contributed by atoms with Crippen molar-refractivity contribution in [2.45, 2.75) is 32.6 Å². The first-order valence-electron chi connectivity index (χ1n) is 10.2. The summed E-state index contributed by atoms with van der Waals surface area (Å²) in [5.41, 5.74) is 4.11. The second-order valence-electron chi connectivity index (χ2n) is 7.13. The highest BCUT2D eigenvalue weighted by Crippen LogP contribution is 2.30. The molecule has 31 heavy (non-hydrogen) atoms. The topological polar surface area (TPSA) is 76.5 Å². The minimum absolute atomic E-state index is 0.0331. The number of rotatable bonds is 9. The first kappa shape index (κ1) is 22.7. The number of pyridine rings is 1. The van der Waals surface area contributed by atoms with Gasteiger partial charge in [0.2, 0.25) is 0 Å². The van der Waals surface area contributed by atoms with Crippen LogP contribution in [-0.2, 0) is 22.4 Å². The highest BCUT2D eigenvalue weighted by atomic mass is 79.9. The number of ketones is 1. The van der Waals surface area contributed by atoms with E-state index in [4.69, 9.17) is 4.74 Å². The Morgan fingerprint density at radius 3 is 2.29 bits per heavy atom. The van der Waals surface area contributed by atoms with Gasteiger partial charge in [-0.3, -0.25) is 9.59 Å². The average molecular weight is 482 g/mol. The summed E-state index contributed by atoms with van der Waals surface area (Å²) in [6.07, 6.45) is 1.19. The predicted octanol–water partition coefficient (Wildman–Crippen LogP) is 5.26. The van der Waals surface area contributed by atoms with E-state index in [9.17, 15) is 14.7 Å². The van der Waals surface area contributed by atoms with Crippen LogP contribution in [-0.4, -0.2) is 28.4 Å². The number of aromatic nitrogens is 1. The summed E-state index contributed by atoms with van der Waals surface area (Å²) in [6, 6.07) is 20.0. The number of benzene rings is 2. The van der Waals surface area contributed by atoms with Crippen molar-refractivity contribution in [2.24, 2.45) is 0 Å². The Bertz CT molecular complexity index is 1070. The summed E-state index contributed by atoms with van der Waals surface area (Å²) >= 11 is 3.32. The second-order valence-corrected chi connectivity index (χ2v) is 7.98. The van der Waals surface area contributed by atoms with E-state index in [1.165, 1.54) is 11.1 Å². The Morgan fingerprint density at radius 1 is 0.968 bits per heavy atom. The average Bonchev–Trinajstić information content (AvgIpc) is 2.77. The fraction of sp³-hybridized carbons (Fsp3) is 0.240. The lowest BCUT2D eigenvalue weighted by atomic mass is 9.96. The molecule has 0 fully saturated rings. The molecular weight excluding hydrogens is 458 g/mol. The van der Waals surface area contributed by atoms with Gasteiger partial charge in [-0.2, -0.15) is 0 Å². The van der Waals surface area contributed by atoms with Crippen LogP contribution in [0.15, 0.2) is 65.1 Å². The molecule has 0 radical (unpaired) electrons. The zero-order chi connectivity index (χ0) is 22.2. The van der Waals surface area contributed by atoms with Crippen molar-refractivity contribution >= 4 is 27.7 Å². The van der Waals surface area contributed by atoms with Gasteiger partial charge in [-0.1, -0.05) is 54.6 Å². The van der Waals surface area contributed by atoms with Gasteiger partial charge in [-0.15, -0.1) is 0 Å². The van der Waals surface area contributed by atoms with Crippen molar-refractivity contribution in [3.63, 3.8) is 0 Å². The van der Waals surface area contributed by atoms with Crippen molar-refractivity contribution in [2.75, 3.05) is 6.61 Å². The maximum absolute atomic E-state index is 12.6. The second kappa shape index (κ2) is 10.9. The van der Waals surface area contributed by atoms with E-state index in [0.717, 1.165) is 12.0 Å². The van der Waals surface area contributed by atoms with Gasteiger partial charge in [0.1, 0.15) is 5.69 Å². The van der Waals surface area contributed by atoms with Crippen LogP contribution < -0.4 is 0 Å². The number of carbonyl (C=O) groups excluding carboxylic acids is 2. The van der Waals surface area contributed by atoms with Crippen LogP contribution in [0.3, 0.4) is 0 Å². The van der Waals surface area contributed by atoms with Gasteiger partial charge in [-0.05, 0) is 52.0 Å². The largest absolute Gasteiger partial charge is 0.504 e. The van der Waals surface area contributed by atoms with Gasteiger partial charge in [0.15, 0.2) is 11.5 Å². The lowest BCUT2D eigenvalue weighted by molar-refractivity contribution is -0.143. The molecule has 1 heterocycles. The van der Waals surface area contributed by atoms with Crippen LogP contribution >= 0.6 is 15.9 Å². The third-order valence-corrected chi connectivity index (χ3v) is 5.46. The van der Waals surface area contributed by atoms with Gasteiger partial charge in [-0.25, -0.2) is 4.98 Å². The fourth-order valence-corrected chi connectivity index (χ4v) is 3.77. The Kier molecular flexibility index (Phi) is 7.95. The minimum Gasteiger partial charge on any atom is -0.504 e. The van der Waals surface area contributed by atoms with Gasteiger partial charge < -0.3 is 9.84 Å². The lowest BCUT2D eigenvalue weighted by Crippen LogP contribution is -2.10. The molecule has 0 saturated heterocycles. The predicted molar refractivity (Wildman–Crippen MR) is 122 cm³/mol. The maximum atomic E-state index is 12.6. The molecule has 0 unspecified atom stereocenters. The van der Waals surface area contributed by atoms with Crippen LogP contribution in [0, 0.1) is 0 Å². The summed E-state index contributed by atoms with van der Waals surface area (Å²) in [5.74, 6) is -1.05. The van der Waals surface area contributed by atoms with Crippen LogP contribution in [0.5, 0.6) is 5.75 Å². The number of nitrogens with zero attached hydrogens (tertiary/aromatic N) is 1. The number of Topliss-reactive ketones (excluding diaryl/α,β-unsaturated/α-hetero) is 1. The van der Waals surface area contributed by atoms with Gasteiger partial charge >= 0.3 is 5.97 Å². The molecule has 0 amide bonds. The van der Waals surface area contributed by atoms with Crippen molar-refractivity contribution < 1.29 is 19.4 Å². The molecule has 0 saturated carbocycles. The molecule has 3 aromatic rings. The number of hydrogen-bond donors (Lipinski definition) is 1. The zero-order valence-electron chi connectivity index (χ0n) is 17.3. The van der Waals surface area contributed by atoms with Crippen molar-refractivity contribution in [3.05, 3.63) is 93.2 Å². The SMILES string of the molecule is CCOC(=O)CCC(=O)c1nc(Cc2ccccc2Cc2ccccc2)cc(Br)c1O. The van der Waals surface area contributed by atoms with E-state index in [0.29, 0.717) is 16.6 Å². The highest BCUT2D eigenvalue weighted by Gasteiger charge is 2.19. The van der Waals surface area contributed by atoms with E-state index < -0.39 is 11.8 Å². The molecule has 2 aromatic carbocycles. The molecule has 0 aliphatic carbocycles. The van der Waals surface area contributed by atoms with E-state index in [1.807, 2.05) is 36.4 Å². The Labute approximate surface area is 190 Å². The summed E-state index contributed by atoms with van der Waals surface area (Å²) < 4.78 is 5.26. The van der Waals surface area contributed by atoms with E-state index in [2.05, 4.69) is 39.1 Å². The smallest absolute Gasteiger partial charge is 0.306 e. The summed E-state index contributed by atoms with van der Waals surface area (Å²) in [7, 11) is 0. The zero-order valence-corrected chi connectivity index (χ0v) is 18.9. The monoisotopic (exact) mass is 481 g/mol. The van der Waals surface area contributed by atoms with Gasteiger partial charge in [0.25, 0.3) is 0 Å². The normalized spacial score (nSPS) is 10.6. The number of halogens is 1. The quantitative estimate of drug-likeness (QED) is 0.333. The standard InChI is InChI=1S/C25H24BrNO4/c1-2-31-23(29)13-12-22(28)24-25(30)21(26)16-20(27-24)15-19-11-7-6-10-18(19)14-17-8-4-3-5-9-17/h3-11,16,30H,2,12-15H2,1H3. The van der Waals surface area contributed by atoms with Crippen molar-refractivity contribution in [1.29, 1.82) is 0 Å². The Morgan fingerprint density at radius 2 is 1.61 bits per heavy atom. The minimum atomic E-state index is -0.444. The van der Waals surface area contributed by atoms with Crippen molar-refractivity contribution in [3.8, 4) is 5.75 Å². The summed E-state index contributed by atoms with van der Waals surface area (Å²) in [5, 5.41) is 10.3. The molecule has 160 valence electrons. The van der Waals surface area contributed by atoms with Crippen LogP contribution in [0.1, 0.15) is 52.6 Å². The first-order chi connectivity index (χ1) is 15.0. The Hall–Kier alpha value is -2.99. The molecule has 0 spiro atoms. The third-order valence-electron chi connectivity index (χ3n) is 4.85. The molecule has 1 aromatic heterocycles. The summed E-state index contributed by atoms with van der Waals surface area (Å²) in [6.45, 7) is 1.98. The number of esters is 1. The molecular formula is C25H24BrNO4. The fourth-order valence-electron chi connectivity index (χ4n) is 3.32. The number of ether oxygens (including phenoxy) is 1. The molecule has 0 aliphatic rings. The molecule has 3 rings (SSSR count). The number of carbonyl (C=O) groups is 2. The number of hydrogen-bond acceptors (Lipinski definition) is 5. The number of aromatic hydroxyl groups is 1. The van der Waals surface area contributed by atoms with Crippen molar-refractivity contribution in [1.82, 2.24) is 4.98 Å². The lowest BCUT2D eigenvalue weighted by Gasteiger charge is -2.12. The highest BCUT2D eigenvalue weighted by molar-refractivity contribution is 9.10. The van der Waals surface area contributed by atoms with E-state index in [-0.39, 0.29) is 30.9 Å². The molecule has 0 atom stereocenters. The van der Waals surface area contributed by atoms with Crippen LogP contribution in [0.25, 0.3) is 0 Å². The van der Waals surface area contributed by atoms with Gasteiger partial charge in [0.05, 0.1) is 17.5 Å². The third kappa shape index (κ3) is 6.25. The van der Waals surface area contributed by atoms with Crippen LogP contribution in [0.2, 0.25) is 0 Å².